The molecule has 4 aromatic rings. The first kappa shape index (κ1) is 24.1. The molecule has 1 fully saturated rings. The molecular formula is C27H23ClN8O. The molecule has 0 saturated heterocycles. The van der Waals surface area contributed by atoms with E-state index in [2.05, 4.69) is 39.0 Å². The highest BCUT2D eigenvalue weighted by atomic mass is 35.5. The topological polar surface area (TPSA) is 115 Å². The number of ether oxygens (including phenoxy) is 1. The molecule has 1 N–H and O–H groups in total. The van der Waals surface area contributed by atoms with E-state index in [1.54, 1.807) is 19.2 Å². The van der Waals surface area contributed by atoms with E-state index in [1.165, 1.54) is 10.7 Å². The number of hydrogen-bond donors (Lipinski definition) is 1. The zero-order valence-corrected chi connectivity index (χ0v) is 21.1. The summed E-state index contributed by atoms with van der Waals surface area (Å²) in [6, 6.07) is 15.8. The first-order valence-electron chi connectivity index (χ1n) is 11.6. The van der Waals surface area contributed by atoms with Gasteiger partial charge in [0.25, 0.3) is 0 Å². The van der Waals surface area contributed by atoms with Crippen LogP contribution < -0.4 is 15.0 Å². The number of hydrogen-bond acceptors (Lipinski definition) is 8. The molecule has 9 nitrogen and oxygen atoms in total. The van der Waals surface area contributed by atoms with Crippen LogP contribution >= 0.6 is 11.6 Å². The van der Waals surface area contributed by atoms with Crippen molar-refractivity contribution in [2.75, 3.05) is 17.3 Å². The number of aromatic nitrogens is 4. The van der Waals surface area contributed by atoms with Crippen molar-refractivity contribution in [2.24, 2.45) is 0 Å². The maximum absolute atomic E-state index is 9.67. The SMILES string of the molecule is C=C(C)c1cc(C#N)cc(Nc2nc(N(Cc3ccc(OC)cc3)C3CC3)c3ncc(C#N)n3n2)c1Cl. The number of allylic oxidation sites excluding steroid dienone is 1. The minimum atomic E-state index is 0.224. The summed E-state index contributed by atoms with van der Waals surface area (Å²) in [5, 5.41) is 27.3. The molecule has 184 valence electrons. The Hall–Kier alpha value is -4.60. The summed E-state index contributed by atoms with van der Waals surface area (Å²) in [5.74, 6) is 1.61. The zero-order chi connectivity index (χ0) is 26.1. The number of methoxy groups -OCH3 is 1. The van der Waals surface area contributed by atoms with Crippen molar-refractivity contribution >= 4 is 40.3 Å². The molecule has 2 aromatic carbocycles. The first-order chi connectivity index (χ1) is 17.9. The molecule has 10 heteroatoms. The van der Waals surface area contributed by atoms with E-state index >= 15 is 0 Å². The lowest BCUT2D eigenvalue weighted by Crippen LogP contribution is -2.27. The van der Waals surface area contributed by atoms with Gasteiger partial charge >= 0.3 is 0 Å². The fourth-order valence-corrected chi connectivity index (χ4v) is 4.41. The summed E-state index contributed by atoms with van der Waals surface area (Å²) in [5.41, 5.74) is 4.12. The van der Waals surface area contributed by atoms with E-state index in [9.17, 15) is 10.5 Å². The molecule has 0 aliphatic heterocycles. The molecule has 0 radical (unpaired) electrons. The molecule has 0 bridgehead atoms. The van der Waals surface area contributed by atoms with Crippen LogP contribution in [-0.2, 0) is 6.54 Å². The predicted molar refractivity (Wildman–Crippen MR) is 142 cm³/mol. The maximum atomic E-state index is 9.67. The van der Waals surface area contributed by atoms with Gasteiger partial charge in [0.1, 0.15) is 11.8 Å². The van der Waals surface area contributed by atoms with Gasteiger partial charge < -0.3 is 15.0 Å². The number of imidazole rings is 1. The van der Waals surface area contributed by atoms with Crippen molar-refractivity contribution in [1.82, 2.24) is 19.6 Å². The second-order valence-electron chi connectivity index (χ2n) is 8.86. The van der Waals surface area contributed by atoms with Gasteiger partial charge in [-0.05, 0) is 60.7 Å². The van der Waals surface area contributed by atoms with Gasteiger partial charge in [0.2, 0.25) is 5.95 Å². The number of nitriles is 2. The lowest BCUT2D eigenvalue weighted by atomic mass is 10.0. The Bertz CT molecular complexity index is 1590. The van der Waals surface area contributed by atoms with E-state index in [-0.39, 0.29) is 17.7 Å². The Morgan fingerprint density at radius 2 is 2.00 bits per heavy atom. The molecule has 1 saturated carbocycles. The largest absolute Gasteiger partial charge is 0.497 e. The van der Waals surface area contributed by atoms with Crippen LogP contribution in [-0.4, -0.2) is 32.7 Å². The number of benzene rings is 2. The Morgan fingerprint density at radius 1 is 1.24 bits per heavy atom. The van der Waals surface area contributed by atoms with Crippen LogP contribution in [0, 0.1) is 22.7 Å². The minimum absolute atomic E-state index is 0.224. The molecule has 1 aliphatic rings. The van der Waals surface area contributed by atoms with Crippen LogP contribution in [0.25, 0.3) is 11.2 Å². The summed E-state index contributed by atoms with van der Waals surface area (Å²) in [7, 11) is 1.64. The average Bonchev–Trinajstić information content (AvgIpc) is 3.67. The maximum Gasteiger partial charge on any atom is 0.247 e. The van der Waals surface area contributed by atoms with Gasteiger partial charge in [0, 0.05) is 12.6 Å². The van der Waals surface area contributed by atoms with Crippen LogP contribution in [0.5, 0.6) is 5.75 Å². The smallest absolute Gasteiger partial charge is 0.247 e. The van der Waals surface area contributed by atoms with Gasteiger partial charge in [-0.25, -0.2) is 4.98 Å². The third-order valence-electron chi connectivity index (χ3n) is 6.14. The van der Waals surface area contributed by atoms with E-state index in [0.717, 1.165) is 29.7 Å². The second-order valence-corrected chi connectivity index (χ2v) is 9.24. The van der Waals surface area contributed by atoms with Crippen molar-refractivity contribution in [3.05, 3.63) is 76.6 Å². The first-order valence-corrected chi connectivity index (χ1v) is 12.0. The van der Waals surface area contributed by atoms with Gasteiger partial charge in [0.05, 0.1) is 35.6 Å². The summed E-state index contributed by atoms with van der Waals surface area (Å²) in [6.07, 6.45) is 3.54. The monoisotopic (exact) mass is 510 g/mol. The van der Waals surface area contributed by atoms with Gasteiger partial charge in [-0.15, -0.1) is 5.10 Å². The van der Waals surface area contributed by atoms with Gasteiger partial charge in [-0.3, -0.25) is 0 Å². The third kappa shape index (κ3) is 4.77. The zero-order valence-electron chi connectivity index (χ0n) is 20.4. The standard InChI is InChI=1S/C27H23ClN8O/c1-16(2)22-10-18(12-29)11-23(24(22)28)32-27-33-26(25-31-14-20(13-30)36(25)34-27)35(19-6-7-19)15-17-4-8-21(37-3)9-5-17/h4-5,8-11,14,19H,1,6-7,15H2,2-3H3,(H,32,34). The molecule has 37 heavy (non-hydrogen) atoms. The van der Waals surface area contributed by atoms with Crippen molar-refractivity contribution in [1.29, 1.82) is 10.5 Å². The highest BCUT2D eigenvalue weighted by molar-refractivity contribution is 6.35. The molecule has 0 unspecified atom stereocenters. The molecule has 0 spiro atoms. The Kier molecular flexibility index (Phi) is 6.39. The summed E-state index contributed by atoms with van der Waals surface area (Å²) < 4.78 is 6.77. The molecule has 2 aromatic heterocycles. The highest BCUT2D eigenvalue weighted by Gasteiger charge is 2.33. The molecule has 5 rings (SSSR count). The van der Waals surface area contributed by atoms with Crippen LogP contribution in [0.4, 0.5) is 17.5 Å². The van der Waals surface area contributed by atoms with E-state index in [1.807, 2.05) is 31.2 Å². The Labute approximate surface area is 219 Å². The van der Waals surface area contributed by atoms with Crippen molar-refractivity contribution < 1.29 is 4.74 Å². The van der Waals surface area contributed by atoms with Crippen LogP contribution in [0.3, 0.4) is 0 Å². The summed E-state index contributed by atoms with van der Waals surface area (Å²) in [6.45, 7) is 6.39. The van der Waals surface area contributed by atoms with Crippen LogP contribution in [0.15, 0.2) is 49.2 Å². The van der Waals surface area contributed by atoms with Crippen molar-refractivity contribution in [3.63, 3.8) is 0 Å². The average molecular weight is 511 g/mol. The number of rotatable bonds is 8. The predicted octanol–water partition coefficient (Wildman–Crippen LogP) is 5.48. The Morgan fingerprint density at radius 3 is 2.62 bits per heavy atom. The molecule has 2 heterocycles. The minimum Gasteiger partial charge on any atom is -0.497 e. The molecule has 1 aliphatic carbocycles. The Balaban J connectivity index is 1.60. The number of fused-ring (bicyclic) bond motifs is 1. The number of nitrogens with one attached hydrogen (secondary N) is 1. The molecule has 0 amide bonds. The molecular weight excluding hydrogens is 488 g/mol. The number of halogens is 1. The van der Waals surface area contributed by atoms with Crippen LogP contribution in [0.1, 0.15) is 42.1 Å². The van der Waals surface area contributed by atoms with Crippen molar-refractivity contribution in [3.8, 4) is 17.9 Å². The van der Waals surface area contributed by atoms with Gasteiger partial charge in [-0.2, -0.15) is 20.0 Å². The second kappa shape index (κ2) is 9.81. The highest BCUT2D eigenvalue weighted by Crippen LogP contribution is 2.36. The quantitative estimate of drug-likeness (QED) is 0.331. The van der Waals surface area contributed by atoms with E-state index < -0.39 is 0 Å². The van der Waals surface area contributed by atoms with E-state index in [0.29, 0.717) is 39.8 Å². The molecule has 0 atom stereocenters. The summed E-state index contributed by atoms with van der Waals surface area (Å²) in [4.78, 5) is 11.5. The fourth-order valence-electron chi connectivity index (χ4n) is 4.09. The summed E-state index contributed by atoms with van der Waals surface area (Å²) >= 11 is 6.65. The number of nitrogens with zero attached hydrogens (tertiary/aromatic N) is 7. The van der Waals surface area contributed by atoms with Gasteiger partial charge in [0.15, 0.2) is 17.2 Å². The van der Waals surface area contributed by atoms with Gasteiger partial charge in [-0.1, -0.05) is 30.3 Å². The van der Waals surface area contributed by atoms with Crippen molar-refractivity contribution in [2.45, 2.75) is 32.4 Å². The lowest BCUT2D eigenvalue weighted by Gasteiger charge is -2.24. The normalized spacial score (nSPS) is 12.6. The fraction of sp³-hybridized carbons (Fsp3) is 0.222. The lowest BCUT2D eigenvalue weighted by molar-refractivity contribution is 0.414. The third-order valence-corrected chi connectivity index (χ3v) is 6.55. The number of anilines is 3. The van der Waals surface area contributed by atoms with Crippen LogP contribution in [0.2, 0.25) is 5.02 Å². The van der Waals surface area contributed by atoms with E-state index in [4.69, 9.17) is 21.3 Å².